The van der Waals surface area contributed by atoms with Crippen molar-refractivity contribution < 1.29 is 14.0 Å². The first-order valence-electron chi connectivity index (χ1n) is 7.22. The summed E-state index contributed by atoms with van der Waals surface area (Å²) >= 11 is 0. The number of nitrogens with zero attached hydrogens (tertiary/aromatic N) is 2. The van der Waals surface area contributed by atoms with E-state index in [0.717, 1.165) is 30.8 Å². The first-order chi connectivity index (χ1) is 10.1. The third-order valence-electron chi connectivity index (χ3n) is 3.93. The second-order valence-corrected chi connectivity index (χ2v) is 5.43. The predicted octanol–water partition coefficient (Wildman–Crippen LogP) is 1.31. The maximum atomic E-state index is 11.8. The molecule has 0 aromatic carbocycles. The first-order valence-corrected chi connectivity index (χ1v) is 7.22. The SMILES string of the molecule is CC1NC(=O)N(CCN2CCC=C(c3ccco3)C2)C1=O. The first kappa shape index (κ1) is 13.9. The summed E-state index contributed by atoms with van der Waals surface area (Å²) in [5.41, 5.74) is 1.16. The third kappa shape index (κ3) is 2.85. The summed E-state index contributed by atoms with van der Waals surface area (Å²) in [5.74, 6) is 0.752. The molecule has 6 heteroatoms. The van der Waals surface area contributed by atoms with Crippen LogP contribution >= 0.6 is 0 Å². The van der Waals surface area contributed by atoms with E-state index in [1.165, 1.54) is 4.90 Å². The lowest BCUT2D eigenvalue weighted by Crippen LogP contribution is -2.40. The Labute approximate surface area is 123 Å². The van der Waals surface area contributed by atoms with Gasteiger partial charge in [-0.25, -0.2) is 4.79 Å². The molecule has 3 heterocycles. The van der Waals surface area contributed by atoms with Gasteiger partial charge in [0.05, 0.1) is 6.26 Å². The Balaban J connectivity index is 1.56. The molecule has 0 spiro atoms. The highest BCUT2D eigenvalue weighted by Crippen LogP contribution is 2.21. The van der Waals surface area contributed by atoms with Gasteiger partial charge in [-0.2, -0.15) is 0 Å². The van der Waals surface area contributed by atoms with E-state index in [4.69, 9.17) is 4.42 Å². The molecular formula is C15H19N3O3. The average Bonchev–Trinajstić information content (AvgIpc) is 3.08. The smallest absolute Gasteiger partial charge is 0.324 e. The van der Waals surface area contributed by atoms with Crippen molar-refractivity contribution in [3.8, 4) is 0 Å². The van der Waals surface area contributed by atoms with Gasteiger partial charge in [-0.1, -0.05) is 6.08 Å². The van der Waals surface area contributed by atoms with Crippen LogP contribution in [0.1, 0.15) is 19.1 Å². The van der Waals surface area contributed by atoms with Crippen molar-refractivity contribution in [2.75, 3.05) is 26.2 Å². The van der Waals surface area contributed by atoms with Crippen LogP contribution in [0.15, 0.2) is 28.9 Å². The van der Waals surface area contributed by atoms with Crippen molar-refractivity contribution >= 4 is 17.5 Å². The van der Waals surface area contributed by atoms with E-state index in [1.807, 2.05) is 12.1 Å². The lowest BCUT2D eigenvalue weighted by atomic mass is 10.1. The molecule has 3 rings (SSSR count). The van der Waals surface area contributed by atoms with Gasteiger partial charge >= 0.3 is 6.03 Å². The average molecular weight is 289 g/mol. The minimum Gasteiger partial charge on any atom is -0.465 e. The summed E-state index contributed by atoms with van der Waals surface area (Å²) in [5, 5.41) is 2.63. The molecule has 21 heavy (non-hydrogen) atoms. The number of carbonyl (C=O) groups is 2. The Bertz CT molecular complexity index is 565. The summed E-state index contributed by atoms with van der Waals surface area (Å²) < 4.78 is 5.42. The second-order valence-electron chi connectivity index (χ2n) is 5.43. The Morgan fingerprint density at radius 2 is 2.24 bits per heavy atom. The number of furan rings is 1. The lowest BCUT2D eigenvalue weighted by Gasteiger charge is -2.27. The van der Waals surface area contributed by atoms with E-state index in [2.05, 4.69) is 16.3 Å². The van der Waals surface area contributed by atoms with Crippen LogP contribution in [0, 0.1) is 0 Å². The maximum Gasteiger partial charge on any atom is 0.324 e. The van der Waals surface area contributed by atoms with Gasteiger partial charge < -0.3 is 9.73 Å². The van der Waals surface area contributed by atoms with Crippen molar-refractivity contribution in [2.45, 2.75) is 19.4 Å². The van der Waals surface area contributed by atoms with Crippen LogP contribution in [-0.4, -0.2) is 54.0 Å². The molecule has 1 aromatic rings. The third-order valence-corrected chi connectivity index (χ3v) is 3.93. The van der Waals surface area contributed by atoms with Crippen LogP contribution < -0.4 is 5.32 Å². The number of imide groups is 1. The normalized spacial score (nSPS) is 23.4. The summed E-state index contributed by atoms with van der Waals surface area (Å²) in [6.45, 7) is 4.54. The van der Waals surface area contributed by atoms with Crippen LogP contribution in [0.4, 0.5) is 4.79 Å². The van der Waals surface area contributed by atoms with Crippen molar-refractivity contribution in [1.82, 2.24) is 15.1 Å². The lowest BCUT2D eigenvalue weighted by molar-refractivity contribution is -0.127. The number of amides is 3. The zero-order valence-electron chi connectivity index (χ0n) is 12.0. The quantitative estimate of drug-likeness (QED) is 0.849. The second kappa shape index (κ2) is 5.73. The van der Waals surface area contributed by atoms with Gasteiger partial charge in [-0.3, -0.25) is 14.6 Å². The van der Waals surface area contributed by atoms with E-state index < -0.39 is 6.04 Å². The number of nitrogens with one attached hydrogen (secondary N) is 1. The molecule has 2 aliphatic heterocycles. The van der Waals surface area contributed by atoms with Gasteiger partial charge in [0, 0.05) is 31.8 Å². The molecule has 1 unspecified atom stereocenters. The van der Waals surface area contributed by atoms with Crippen LogP contribution in [0.2, 0.25) is 0 Å². The molecule has 1 N–H and O–H groups in total. The molecule has 0 saturated carbocycles. The molecule has 6 nitrogen and oxygen atoms in total. The van der Waals surface area contributed by atoms with E-state index in [9.17, 15) is 9.59 Å². The minimum atomic E-state index is -0.405. The Morgan fingerprint density at radius 3 is 2.90 bits per heavy atom. The number of urea groups is 1. The van der Waals surface area contributed by atoms with Gasteiger partial charge in [0.1, 0.15) is 11.8 Å². The fraction of sp³-hybridized carbons (Fsp3) is 0.467. The summed E-state index contributed by atoms with van der Waals surface area (Å²) in [4.78, 5) is 27.0. The largest absolute Gasteiger partial charge is 0.465 e. The van der Waals surface area contributed by atoms with Crippen LogP contribution in [0.25, 0.3) is 5.57 Å². The van der Waals surface area contributed by atoms with E-state index in [1.54, 1.807) is 13.2 Å². The summed E-state index contributed by atoms with van der Waals surface area (Å²) in [6, 6.07) is 3.14. The van der Waals surface area contributed by atoms with Crippen LogP contribution in [-0.2, 0) is 4.79 Å². The van der Waals surface area contributed by atoms with Crippen LogP contribution in [0.3, 0.4) is 0 Å². The molecule has 1 aromatic heterocycles. The van der Waals surface area contributed by atoms with E-state index in [-0.39, 0.29) is 11.9 Å². The molecule has 1 saturated heterocycles. The monoisotopic (exact) mass is 289 g/mol. The zero-order valence-corrected chi connectivity index (χ0v) is 12.0. The fourth-order valence-corrected chi connectivity index (χ4v) is 2.75. The molecule has 112 valence electrons. The highest BCUT2D eigenvalue weighted by Gasteiger charge is 2.34. The predicted molar refractivity (Wildman–Crippen MR) is 77.4 cm³/mol. The number of carbonyl (C=O) groups excluding carboxylic acids is 2. The van der Waals surface area contributed by atoms with Crippen molar-refractivity contribution in [3.63, 3.8) is 0 Å². The topological polar surface area (TPSA) is 65.8 Å². The number of rotatable bonds is 4. The molecule has 0 aliphatic carbocycles. The fourth-order valence-electron chi connectivity index (χ4n) is 2.75. The maximum absolute atomic E-state index is 11.8. The molecule has 1 atom stereocenters. The molecule has 0 bridgehead atoms. The van der Waals surface area contributed by atoms with Crippen LogP contribution in [0.5, 0.6) is 0 Å². The zero-order chi connectivity index (χ0) is 14.8. The number of hydrogen-bond acceptors (Lipinski definition) is 4. The summed E-state index contributed by atoms with van der Waals surface area (Å²) in [7, 11) is 0. The Hall–Kier alpha value is -2.08. The van der Waals surface area contributed by atoms with Gasteiger partial charge in [-0.15, -0.1) is 0 Å². The molecule has 3 amide bonds. The van der Waals surface area contributed by atoms with Gasteiger partial charge in [0.25, 0.3) is 5.91 Å². The Morgan fingerprint density at radius 1 is 1.38 bits per heavy atom. The Kier molecular flexibility index (Phi) is 3.79. The summed E-state index contributed by atoms with van der Waals surface area (Å²) in [6.07, 6.45) is 4.81. The highest BCUT2D eigenvalue weighted by molar-refractivity contribution is 6.03. The van der Waals surface area contributed by atoms with E-state index >= 15 is 0 Å². The van der Waals surface area contributed by atoms with Gasteiger partial charge in [-0.05, 0) is 25.5 Å². The molecule has 1 fully saturated rings. The van der Waals surface area contributed by atoms with Crippen molar-refractivity contribution in [2.24, 2.45) is 0 Å². The van der Waals surface area contributed by atoms with Gasteiger partial charge in [0.2, 0.25) is 0 Å². The van der Waals surface area contributed by atoms with E-state index in [0.29, 0.717) is 13.1 Å². The molecular weight excluding hydrogens is 270 g/mol. The van der Waals surface area contributed by atoms with Gasteiger partial charge in [0.15, 0.2) is 0 Å². The van der Waals surface area contributed by atoms with Crippen molar-refractivity contribution in [3.05, 3.63) is 30.2 Å². The minimum absolute atomic E-state index is 0.140. The molecule has 0 radical (unpaired) electrons. The highest BCUT2D eigenvalue weighted by atomic mass is 16.3. The molecule has 2 aliphatic rings. The van der Waals surface area contributed by atoms with Crippen molar-refractivity contribution in [1.29, 1.82) is 0 Å². The standard InChI is InChI=1S/C15H19N3O3/c1-11-14(19)18(15(20)16-11)8-7-17-6-2-4-12(10-17)13-5-3-9-21-13/h3-5,9,11H,2,6-8,10H2,1H3,(H,16,20). The number of hydrogen-bond donors (Lipinski definition) is 1.